The van der Waals surface area contributed by atoms with Crippen LogP contribution in [0, 0.1) is 0 Å². The summed E-state index contributed by atoms with van der Waals surface area (Å²) in [4.78, 5) is 30.3. The molecule has 1 heterocycles. The Labute approximate surface area is 189 Å². The Morgan fingerprint density at radius 3 is 2.39 bits per heavy atom. The van der Waals surface area contributed by atoms with Gasteiger partial charge in [-0.05, 0) is 41.8 Å². The first kappa shape index (κ1) is 20.5. The largest absolute Gasteiger partial charge is 0.496 e. The summed E-state index contributed by atoms with van der Waals surface area (Å²) in [6.07, 6.45) is 0. The Bertz CT molecular complexity index is 1460. The van der Waals surface area contributed by atoms with Crippen LogP contribution in [-0.4, -0.2) is 30.5 Å². The van der Waals surface area contributed by atoms with E-state index >= 15 is 0 Å². The molecular formula is C27H19NO5. The summed E-state index contributed by atoms with van der Waals surface area (Å²) in [5.41, 5.74) is 2.75. The van der Waals surface area contributed by atoms with Gasteiger partial charge in [0.2, 0.25) is 11.7 Å². The van der Waals surface area contributed by atoms with E-state index in [0.717, 1.165) is 10.9 Å². The standard InChI is InChI=1S/C27H19NO5/c1-31-23-14-4-2-10-18(23)22(29)16-32-27(30)20-12-7-9-17-8-6-11-19(25(17)20)26-28-21-13-3-5-15-24(21)33-26/h2-15H,16H2,1H3. The summed E-state index contributed by atoms with van der Waals surface area (Å²) in [6, 6.07) is 25.3. The van der Waals surface area contributed by atoms with Crippen LogP contribution in [0.25, 0.3) is 33.3 Å². The predicted molar refractivity (Wildman–Crippen MR) is 125 cm³/mol. The fourth-order valence-corrected chi connectivity index (χ4v) is 3.84. The van der Waals surface area contributed by atoms with Crippen LogP contribution in [0.4, 0.5) is 0 Å². The molecule has 0 aliphatic carbocycles. The van der Waals surface area contributed by atoms with Crippen molar-refractivity contribution in [2.75, 3.05) is 13.7 Å². The lowest BCUT2D eigenvalue weighted by atomic mass is 9.99. The quantitative estimate of drug-likeness (QED) is 0.251. The number of Topliss-reactive ketones (excluding diaryl/α,β-unsaturated/α-hetero) is 1. The molecule has 1 aromatic heterocycles. The minimum absolute atomic E-state index is 0.332. The molecule has 0 aliphatic rings. The van der Waals surface area contributed by atoms with Crippen LogP contribution >= 0.6 is 0 Å². The number of carbonyl (C=O) groups is 2. The molecule has 5 rings (SSSR count). The highest BCUT2D eigenvalue weighted by Gasteiger charge is 2.20. The Hall–Kier alpha value is -4.45. The van der Waals surface area contributed by atoms with Gasteiger partial charge in [-0.15, -0.1) is 0 Å². The van der Waals surface area contributed by atoms with Crippen LogP contribution in [0.5, 0.6) is 5.75 Å². The Kier molecular flexibility index (Phi) is 5.32. The summed E-state index contributed by atoms with van der Waals surface area (Å²) in [7, 11) is 1.49. The molecule has 0 radical (unpaired) electrons. The van der Waals surface area contributed by atoms with Crippen LogP contribution in [0.2, 0.25) is 0 Å². The Balaban J connectivity index is 1.49. The minimum atomic E-state index is -0.604. The number of ketones is 1. The molecule has 6 heteroatoms. The number of fused-ring (bicyclic) bond motifs is 2. The average molecular weight is 437 g/mol. The van der Waals surface area contributed by atoms with Crippen LogP contribution in [0.3, 0.4) is 0 Å². The van der Waals surface area contributed by atoms with E-state index in [-0.39, 0.29) is 5.78 Å². The predicted octanol–water partition coefficient (Wildman–Crippen LogP) is 5.70. The lowest BCUT2D eigenvalue weighted by molar-refractivity contribution is 0.0476. The highest BCUT2D eigenvalue weighted by atomic mass is 16.5. The number of esters is 1. The van der Waals surface area contributed by atoms with Crippen molar-refractivity contribution < 1.29 is 23.5 Å². The highest BCUT2D eigenvalue weighted by Crippen LogP contribution is 2.33. The number of rotatable bonds is 6. The Morgan fingerprint density at radius 2 is 1.58 bits per heavy atom. The van der Waals surface area contributed by atoms with Crippen molar-refractivity contribution in [3.05, 3.63) is 96.1 Å². The number of hydrogen-bond acceptors (Lipinski definition) is 6. The van der Waals surface area contributed by atoms with Crippen LogP contribution < -0.4 is 4.74 Å². The third-order valence-corrected chi connectivity index (χ3v) is 5.39. The third kappa shape index (κ3) is 3.83. The number of hydrogen-bond donors (Lipinski definition) is 0. The van der Waals surface area contributed by atoms with Gasteiger partial charge in [0.15, 0.2) is 12.2 Å². The van der Waals surface area contributed by atoms with Gasteiger partial charge in [0.1, 0.15) is 11.3 Å². The molecule has 6 nitrogen and oxygen atoms in total. The smallest absolute Gasteiger partial charge is 0.339 e. The molecule has 4 aromatic carbocycles. The van der Waals surface area contributed by atoms with Gasteiger partial charge in [0, 0.05) is 10.9 Å². The first-order valence-corrected chi connectivity index (χ1v) is 10.4. The van der Waals surface area contributed by atoms with Gasteiger partial charge in [0.25, 0.3) is 0 Å². The van der Waals surface area contributed by atoms with Gasteiger partial charge in [-0.3, -0.25) is 4.79 Å². The topological polar surface area (TPSA) is 78.6 Å². The summed E-state index contributed by atoms with van der Waals surface area (Å²) < 4.78 is 16.6. The van der Waals surface area contributed by atoms with Crippen molar-refractivity contribution in [2.24, 2.45) is 0 Å². The molecule has 5 aromatic rings. The number of ether oxygens (including phenoxy) is 2. The molecule has 0 fully saturated rings. The number of nitrogens with zero attached hydrogens (tertiary/aromatic N) is 1. The van der Waals surface area contributed by atoms with Gasteiger partial charge in [-0.2, -0.15) is 0 Å². The van der Waals surface area contributed by atoms with E-state index in [9.17, 15) is 9.59 Å². The molecule has 0 saturated heterocycles. The first-order chi connectivity index (χ1) is 16.2. The van der Waals surface area contributed by atoms with Crippen molar-refractivity contribution >= 4 is 33.6 Å². The second kappa shape index (κ2) is 8.59. The van der Waals surface area contributed by atoms with E-state index in [1.165, 1.54) is 7.11 Å². The van der Waals surface area contributed by atoms with Gasteiger partial charge in [-0.25, -0.2) is 9.78 Å². The first-order valence-electron chi connectivity index (χ1n) is 10.4. The van der Waals surface area contributed by atoms with E-state index in [1.807, 2.05) is 48.5 Å². The molecule has 0 unspecified atom stereocenters. The second-order valence-electron chi connectivity index (χ2n) is 7.40. The summed E-state index contributed by atoms with van der Waals surface area (Å²) in [5, 5.41) is 1.49. The van der Waals surface area contributed by atoms with Gasteiger partial charge >= 0.3 is 5.97 Å². The second-order valence-corrected chi connectivity index (χ2v) is 7.40. The van der Waals surface area contributed by atoms with Gasteiger partial charge in [0.05, 0.1) is 18.2 Å². The van der Waals surface area contributed by atoms with E-state index in [0.29, 0.717) is 39.3 Å². The molecule has 0 atom stereocenters. The van der Waals surface area contributed by atoms with Crippen molar-refractivity contribution in [1.29, 1.82) is 0 Å². The van der Waals surface area contributed by atoms with E-state index in [4.69, 9.17) is 13.9 Å². The zero-order chi connectivity index (χ0) is 22.8. The number of carbonyl (C=O) groups excluding carboxylic acids is 2. The Morgan fingerprint density at radius 1 is 0.848 bits per heavy atom. The van der Waals surface area contributed by atoms with Gasteiger partial charge < -0.3 is 13.9 Å². The minimum Gasteiger partial charge on any atom is -0.496 e. The SMILES string of the molecule is COc1ccccc1C(=O)COC(=O)c1cccc2cccc(-c3nc4ccccc4o3)c12. The molecule has 0 amide bonds. The molecule has 33 heavy (non-hydrogen) atoms. The van der Waals surface area contributed by atoms with Crippen LogP contribution in [0.15, 0.2) is 89.3 Å². The maximum absolute atomic E-state index is 13.0. The fourth-order valence-electron chi connectivity index (χ4n) is 3.84. The third-order valence-electron chi connectivity index (χ3n) is 5.39. The summed E-state index contributed by atoms with van der Waals surface area (Å²) in [5.74, 6) is -0.110. The van der Waals surface area contributed by atoms with E-state index in [2.05, 4.69) is 4.98 Å². The van der Waals surface area contributed by atoms with Crippen molar-refractivity contribution in [3.8, 4) is 17.2 Å². The van der Waals surface area contributed by atoms with Crippen molar-refractivity contribution in [1.82, 2.24) is 4.98 Å². The number of methoxy groups -OCH3 is 1. The van der Waals surface area contributed by atoms with Crippen molar-refractivity contribution in [3.63, 3.8) is 0 Å². The zero-order valence-corrected chi connectivity index (χ0v) is 17.8. The molecule has 0 bridgehead atoms. The highest BCUT2D eigenvalue weighted by molar-refractivity contribution is 6.11. The normalized spacial score (nSPS) is 10.9. The average Bonchev–Trinajstić information content (AvgIpc) is 3.30. The zero-order valence-electron chi connectivity index (χ0n) is 17.8. The van der Waals surface area contributed by atoms with Crippen molar-refractivity contribution in [2.45, 2.75) is 0 Å². The number of aromatic nitrogens is 1. The molecule has 0 saturated carbocycles. The van der Waals surface area contributed by atoms with Gasteiger partial charge in [-0.1, -0.05) is 48.5 Å². The van der Waals surface area contributed by atoms with Crippen LogP contribution in [-0.2, 0) is 4.74 Å². The monoisotopic (exact) mass is 437 g/mol. The maximum atomic E-state index is 13.0. The van der Waals surface area contributed by atoms with Crippen LogP contribution in [0.1, 0.15) is 20.7 Å². The molecule has 0 spiro atoms. The fraction of sp³-hybridized carbons (Fsp3) is 0.0741. The lowest BCUT2D eigenvalue weighted by Gasteiger charge is -2.11. The summed E-state index contributed by atoms with van der Waals surface area (Å²) >= 11 is 0. The number of para-hydroxylation sites is 3. The van der Waals surface area contributed by atoms with E-state index < -0.39 is 12.6 Å². The molecule has 0 N–H and O–H groups in total. The molecule has 0 aliphatic heterocycles. The lowest BCUT2D eigenvalue weighted by Crippen LogP contribution is -2.15. The molecule has 162 valence electrons. The van der Waals surface area contributed by atoms with E-state index in [1.54, 1.807) is 36.4 Å². The summed E-state index contributed by atoms with van der Waals surface area (Å²) in [6.45, 7) is -0.402. The molecular weight excluding hydrogens is 418 g/mol. The number of benzene rings is 4. The number of oxazole rings is 1. The maximum Gasteiger partial charge on any atom is 0.339 e.